The minimum atomic E-state index is -0.377. The molecule has 0 bridgehead atoms. The van der Waals surface area contributed by atoms with Crippen LogP contribution in [-0.2, 0) is 9.47 Å². The predicted molar refractivity (Wildman–Crippen MR) is 131 cm³/mol. The molecule has 6 rings (SSSR count). The lowest BCUT2D eigenvalue weighted by Gasteiger charge is -2.39. The normalized spacial score (nSPS) is 20.7. The molecule has 2 atom stereocenters. The lowest BCUT2D eigenvalue weighted by molar-refractivity contribution is 0.0686. The number of benzene rings is 1. The third kappa shape index (κ3) is 4.30. The van der Waals surface area contributed by atoms with Gasteiger partial charge in [0.05, 0.1) is 55.2 Å². The molecule has 2 saturated heterocycles. The highest BCUT2D eigenvalue weighted by Crippen LogP contribution is 2.37. The van der Waals surface area contributed by atoms with Gasteiger partial charge >= 0.3 is 0 Å². The van der Waals surface area contributed by atoms with Crippen molar-refractivity contribution in [3.8, 4) is 5.88 Å². The smallest absolute Gasteiger partial charge is 0.258 e. The largest absolute Gasteiger partial charge is 0.473 e. The number of nitrogens with zero attached hydrogens (tertiary/aromatic N) is 5. The zero-order valence-corrected chi connectivity index (χ0v) is 20.1. The summed E-state index contributed by atoms with van der Waals surface area (Å²) in [6.45, 7) is 7.06. The molecule has 2 fully saturated rings. The van der Waals surface area contributed by atoms with Crippen molar-refractivity contribution < 1.29 is 18.6 Å². The van der Waals surface area contributed by atoms with Gasteiger partial charge in [0, 0.05) is 31.3 Å². The summed E-state index contributed by atoms with van der Waals surface area (Å²) in [5, 5.41) is 3.92. The number of anilines is 3. The fourth-order valence-corrected chi connectivity index (χ4v) is 4.99. The molecule has 0 aliphatic carbocycles. The summed E-state index contributed by atoms with van der Waals surface area (Å²) in [6, 6.07) is 6.37. The molecule has 0 unspecified atom stereocenters. The Morgan fingerprint density at radius 2 is 1.86 bits per heavy atom. The summed E-state index contributed by atoms with van der Waals surface area (Å²) < 4.78 is 31.6. The number of aromatic nitrogens is 3. The summed E-state index contributed by atoms with van der Waals surface area (Å²) in [7, 11) is 0. The number of nitrogens with one attached hydrogen (secondary N) is 1. The van der Waals surface area contributed by atoms with E-state index in [0.717, 1.165) is 24.6 Å². The zero-order valence-electron chi connectivity index (χ0n) is 19.3. The van der Waals surface area contributed by atoms with Crippen LogP contribution in [0, 0.1) is 5.82 Å². The Morgan fingerprint density at radius 3 is 2.71 bits per heavy atom. The van der Waals surface area contributed by atoms with Gasteiger partial charge in [0.15, 0.2) is 11.6 Å². The van der Waals surface area contributed by atoms with Gasteiger partial charge in [-0.15, -0.1) is 0 Å². The number of fused-ring (bicyclic) bond motifs is 4. The fraction of sp³-hybridized carbons (Fsp3) is 0.458. The minimum Gasteiger partial charge on any atom is -0.473 e. The molecule has 35 heavy (non-hydrogen) atoms. The Bertz CT molecular complexity index is 1260. The second-order valence-electron chi connectivity index (χ2n) is 8.92. The van der Waals surface area contributed by atoms with Crippen LogP contribution in [0.15, 0.2) is 24.3 Å². The molecule has 3 aliphatic heterocycles. The van der Waals surface area contributed by atoms with Crippen LogP contribution in [0.1, 0.15) is 18.5 Å². The molecule has 184 valence electrons. The summed E-state index contributed by atoms with van der Waals surface area (Å²) in [6.07, 6.45) is 0. The first-order valence-electron chi connectivity index (χ1n) is 11.8. The van der Waals surface area contributed by atoms with Gasteiger partial charge in [-0.05, 0) is 25.1 Å². The summed E-state index contributed by atoms with van der Waals surface area (Å²) in [5.41, 5.74) is 2.61. The van der Waals surface area contributed by atoms with Crippen LogP contribution in [-0.4, -0.2) is 73.7 Å². The Morgan fingerprint density at radius 1 is 1.03 bits per heavy atom. The number of rotatable bonds is 4. The number of morpholine rings is 2. The van der Waals surface area contributed by atoms with Gasteiger partial charge in [-0.1, -0.05) is 11.6 Å². The molecule has 5 heterocycles. The molecule has 11 heteroatoms. The molecule has 3 aliphatic rings. The SMILES string of the molecule is C[C@@H](Nc1ccc(Cl)nc1N1CCOCC1)c1cc(F)cc2nc3c(nc12)N1CCOC[C@H]1CO3. The van der Waals surface area contributed by atoms with E-state index >= 15 is 0 Å². The van der Waals surface area contributed by atoms with Crippen LogP contribution in [0.2, 0.25) is 5.15 Å². The van der Waals surface area contributed by atoms with Crippen LogP contribution in [0.5, 0.6) is 5.88 Å². The molecule has 0 amide bonds. The van der Waals surface area contributed by atoms with Gasteiger partial charge < -0.3 is 29.3 Å². The Labute approximate surface area is 207 Å². The van der Waals surface area contributed by atoms with Gasteiger partial charge in [0.1, 0.15) is 17.6 Å². The minimum absolute atomic E-state index is 0.0960. The summed E-state index contributed by atoms with van der Waals surface area (Å²) in [5.74, 6) is 1.49. The van der Waals surface area contributed by atoms with E-state index in [-0.39, 0.29) is 17.9 Å². The quantitative estimate of drug-likeness (QED) is 0.541. The first-order chi connectivity index (χ1) is 17.1. The first kappa shape index (κ1) is 22.5. The second kappa shape index (κ2) is 9.25. The number of ether oxygens (including phenoxy) is 3. The maximum atomic E-state index is 14.7. The van der Waals surface area contributed by atoms with Crippen molar-refractivity contribution in [3.05, 3.63) is 40.8 Å². The van der Waals surface area contributed by atoms with Gasteiger partial charge in [-0.25, -0.2) is 19.3 Å². The van der Waals surface area contributed by atoms with Gasteiger partial charge in [0.2, 0.25) is 0 Å². The monoisotopic (exact) mass is 500 g/mol. The molecular formula is C24H26ClFN6O3. The van der Waals surface area contributed by atoms with E-state index < -0.39 is 0 Å². The van der Waals surface area contributed by atoms with Crippen molar-refractivity contribution in [3.63, 3.8) is 0 Å². The molecule has 2 aromatic heterocycles. The highest BCUT2D eigenvalue weighted by Gasteiger charge is 2.33. The lowest BCUT2D eigenvalue weighted by Crippen LogP contribution is -2.51. The lowest BCUT2D eigenvalue weighted by atomic mass is 10.0. The Balaban J connectivity index is 1.38. The molecule has 1 aromatic carbocycles. The summed E-state index contributed by atoms with van der Waals surface area (Å²) in [4.78, 5) is 18.5. The fourth-order valence-electron chi connectivity index (χ4n) is 4.85. The number of halogens is 2. The highest BCUT2D eigenvalue weighted by atomic mass is 35.5. The average molecular weight is 501 g/mol. The van der Waals surface area contributed by atoms with Crippen LogP contribution in [0.4, 0.5) is 21.7 Å². The maximum absolute atomic E-state index is 14.7. The van der Waals surface area contributed by atoms with E-state index in [2.05, 4.69) is 25.1 Å². The van der Waals surface area contributed by atoms with E-state index in [1.807, 2.05) is 13.0 Å². The van der Waals surface area contributed by atoms with Gasteiger partial charge in [-0.3, -0.25) is 0 Å². The zero-order chi connectivity index (χ0) is 23.9. The number of hydrogen-bond acceptors (Lipinski definition) is 9. The van der Waals surface area contributed by atoms with Crippen LogP contribution < -0.4 is 19.9 Å². The third-order valence-corrected chi connectivity index (χ3v) is 6.83. The van der Waals surface area contributed by atoms with Gasteiger partial charge in [0.25, 0.3) is 5.88 Å². The van der Waals surface area contributed by atoms with E-state index in [9.17, 15) is 4.39 Å². The van der Waals surface area contributed by atoms with Crippen LogP contribution in [0.3, 0.4) is 0 Å². The Hall–Kier alpha value is -2.95. The third-order valence-electron chi connectivity index (χ3n) is 6.62. The molecule has 3 aromatic rings. The number of pyridine rings is 1. The molecular weight excluding hydrogens is 475 g/mol. The van der Waals surface area contributed by atoms with Gasteiger partial charge in [-0.2, -0.15) is 0 Å². The van der Waals surface area contributed by atoms with Crippen LogP contribution in [0.25, 0.3) is 11.0 Å². The second-order valence-corrected chi connectivity index (χ2v) is 9.31. The molecule has 0 spiro atoms. The van der Waals surface area contributed by atoms with E-state index in [0.29, 0.717) is 73.0 Å². The van der Waals surface area contributed by atoms with E-state index in [1.54, 1.807) is 6.07 Å². The molecule has 9 nitrogen and oxygen atoms in total. The van der Waals surface area contributed by atoms with Crippen molar-refractivity contribution in [2.24, 2.45) is 0 Å². The Kier molecular flexibility index (Phi) is 5.95. The van der Waals surface area contributed by atoms with E-state index in [1.165, 1.54) is 12.1 Å². The number of hydrogen-bond donors (Lipinski definition) is 1. The molecule has 0 saturated carbocycles. The molecule has 1 N–H and O–H groups in total. The van der Waals surface area contributed by atoms with Crippen molar-refractivity contribution in [1.82, 2.24) is 15.0 Å². The van der Waals surface area contributed by atoms with Crippen molar-refractivity contribution in [1.29, 1.82) is 0 Å². The summed E-state index contributed by atoms with van der Waals surface area (Å²) >= 11 is 6.22. The van der Waals surface area contributed by atoms with E-state index in [4.69, 9.17) is 30.8 Å². The topological polar surface area (TPSA) is 84.9 Å². The maximum Gasteiger partial charge on any atom is 0.258 e. The standard InChI is InChI=1S/C24H26ClFN6O3/c1-14(27-18-2-3-20(25)29-22(18)31-4-7-33-8-5-31)17-10-15(26)11-19-21(17)30-23-24(28-19)35-13-16-12-34-9-6-32(16)23/h2-3,10-11,14,16,27H,4-9,12-13H2,1H3/t14-,16+/m1/s1. The molecule has 0 radical (unpaired) electrons. The predicted octanol–water partition coefficient (Wildman–Crippen LogP) is 3.42. The van der Waals surface area contributed by atoms with Crippen molar-refractivity contribution >= 4 is 40.0 Å². The first-order valence-corrected chi connectivity index (χ1v) is 12.2. The van der Waals surface area contributed by atoms with Crippen molar-refractivity contribution in [2.75, 3.05) is 67.8 Å². The van der Waals surface area contributed by atoms with Crippen molar-refractivity contribution in [2.45, 2.75) is 19.0 Å². The average Bonchev–Trinajstić information content (AvgIpc) is 2.88. The van der Waals surface area contributed by atoms with Crippen LogP contribution >= 0.6 is 11.6 Å². The highest BCUT2D eigenvalue weighted by molar-refractivity contribution is 6.29.